The Bertz CT molecular complexity index is 624. The van der Waals surface area contributed by atoms with Crippen LogP contribution in [0, 0.1) is 5.92 Å². The van der Waals surface area contributed by atoms with E-state index >= 15 is 0 Å². The second-order valence-corrected chi connectivity index (χ2v) is 6.39. The van der Waals surface area contributed by atoms with E-state index in [4.69, 9.17) is 5.11 Å². The number of carbonyl (C=O) groups is 3. The number of nitrogens with one attached hydrogen (secondary N) is 1. The molecule has 24 heavy (non-hydrogen) atoms. The van der Waals surface area contributed by atoms with Gasteiger partial charge in [0, 0.05) is 24.9 Å². The van der Waals surface area contributed by atoms with Gasteiger partial charge in [0.05, 0.1) is 5.92 Å². The molecule has 0 aromatic heterocycles. The van der Waals surface area contributed by atoms with Gasteiger partial charge in [-0.1, -0.05) is 25.5 Å². The quantitative estimate of drug-likeness (QED) is 0.682. The van der Waals surface area contributed by atoms with Crippen LogP contribution in [0.15, 0.2) is 18.2 Å². The molecule has 1 amide bonds. The van der Waals surface area contributed by atoms with Crippen LogP contribution in [0.5, 0.6) is 0 Å². The van der Waals surface area contributed by atoms with Gasteiger partial charge in [-0.05, 0) is 42.9 Å². The molecule has 0 radical (unpaired) electrons. The Morgan fingerprint density at radius 3 is 2.62 bits per heavy atom. The Kier molecular flexibility index (Phi) is 6.53. The minimum absolute atomic E-state index is 0.0387. The van der Waals surface area contributed by atoms with Crippen LogP contribution in [0.4, 0.5) is 0 Å². The lowest BCUT2D eigenvalue weighted by Crippen LogP contribution is -2.33. The van der Waals surface area contributed by atoms with Crippen molar-refractivity contribution in [3.05, 3.63) is 34.9 Å². The van der Waals surface area contributed by atoms with Gasteiger partial charge >= 0.3 is 5.97 Å². The first-order valence-corrected chi connectivity index (χ1v) is 8.65. The highest BCUT2D eigenvalue weighted by Crippen LogP contribution is 2.23. The number of benzene rings is 1. The Balaban J connectivity index is 1.79. The van der Waals surface area contributed by atoms with E-state index in [-0.39, 0.29) is 31.1 Å². The van der Waals surface area contributed by atoms with E-state index in [1.165, 1.54) is 11.1 Å². The van der Waals surface area contributed by atoms with Crippen LogP contribution >= 0.6 is 0 Å². The monoisotopic (exact) mass is 331 g/mol. The number of fused-ring (bicyclic) bond motifs is 1. The lowest BCUT2D eigenvalue weighted by molar-refractivity contribution is -0.141. The summed E-state index contributed by atoms with van der Waals surface area (Å²) < 4.78 is 0. The number of hydrogen-bond donors (Lipinski definition) is 2. The zero-order chi connectivity index (χ0) is 17.5. The Labute approximate surface area is 142 Å². The van der Waals surface area contributed by atoms with Gasteiger partial charge in [0.2, 0.25) is 5.91 Å². The number of carbonyl (C=O) groups excluding carboxylic acids is 2. The molecule has 0 aliphatic heterocycles. The Hall–Kier alpha value is -2.17. The summed E-state index contributed by atoms with van der Waals surface area (Å²) in [6.07, 6.45) is 4.76. The lowest BCUT2D eigenvalue weighted by Gasteiger charge is -2.12. The molecule has 1 atom stereocenters. The number of aliphatic carboxylic acids is 1. The van der Waals surface area contributed by atoms with Crippen LogP contribution in [0.1, 0.15) is 60.5 Å². The van der Waals surface area contributed by atoms with E-state index in [1.54, 1.807) is 0 Å². The van der Waals surface area contributed by atoms with E-state index in [9.17, 15) is 14.4 Å². The predicted octanol–water partition coefficient (Wildman–Crippen LogP) is 2.76. The number of hydrogen-bond acceptors (Lipinski definition) is 3. The van der Waals surface area contributed by atoms with Crippen molar-refractivity contribution in [3.63, 3.8) is 0 Å². The van der Waals surface area contributed by atoms with Crippen molar-refractivity contribution in [2.24, 2.45) is 5.92 Å². The fraction of sp³-hybridized carbons (Fsp3) is 0.526. The lowest BCUT2D eigenvalue weighted by atomic mass is 10.0. The molecule has 0 saturated heterocycles. The van der Waals surface area contributed by atoms with Gasteiger partial charge in [-0.15, -0.1) is 0 Å². The van der Waals surface area contributed by atoms with Gasteiger partial charge in [-0.2, -0.15) is 0 Å². The molecule has 1 unspecified atom stereocenters. The number of carboxylic acid groups (broad SMARTS) is 1. The summed E-state index contributed by atoms with van der Waals surface area (Å²) in [6, 6.07) is 5.80. The maximum Gasteiger partial charge on any atom is 0.308 e. The number of aryl methyl sites for hydroxylation is 2. The van der Waals surface area contributed by atoms with Crippen molar-refractivity contribution < 1.29 is 19.5 Å². The summed E-state index contributed by atoms with van der Waals surface area (Å²) in [6.45, 7) is 2.03. The van der Waals surface area contributed by atoms with Gasteiger partial charge in [-0.3, -0.25) is 14.4 Å². The molecule has 5 nitrogen and oxygen atoms in total. The predicted molar refractivity (Wildman–Crippen MR) is 91.1 cm³/mol. The molecule has 1 aromatic rings. The topological polar surface area (TPSA) is 83.5 Å². The van der Waals surface area contributed by atoms with E-state index in [0.717, 1.165) is 25.7 Å². The van der Waals surface area contributed by atoms with Crippen molar-refractivity contribution >= 4 is 17.7 Å². The van der Waals surface area contributed by atoms with E-state index < -0.39 is 11.9 Å². The highest BCUT2D eigenvalue weighted by Gasteiger charge is 2.18. The molecule has 0 spiro atoms. The molecule has 1 aliphatic rings. The molecule has 0 heterocycles. The first-order valence-electron chi connectivity index (χ1n) is 8.65. The summed E-state index contributed by atoms with van der Waals surface area (Å²) in [4.78, 5) is 35.1. The number of ketones is 1. The molecule has 2 rings (SSSR count). The summed E-state index contributed by atoms with van der Waals surface area (Å²) in [5, 5.41) is 11.7. The highest BCUT2D eigenvalue weighted by molar-refractivity contribution is 5.98. The fourth-order valence-corrected chi connectivity index (χ4v) is 3.10. The highest BCUT2D eigenvalue weighted by atomic mass is 16.4. The first-order chi connectivity index (χ1) is 11.5. The Morgan fingerprint density at radius 1 is 1.17 bits per heavy atom. The minimum Gasteiger partial charge on any atom is -0.481 e. The van der Waals surface area contributed by atoms with Gasteiger partial charge in [0.1, 0.15) is 0 Å². The van der Waals surface area contributed by atoms with E-state index in [1.807, 2.05) is 25.1 Å². The third-order valence-corrected chi connectivity index (χ3v) is 4.53. The van der Waals surface area contributed by atoms with Crippen LogP contribution in [0.25, 0.3) is 0 Å². The van der Waals surface area contributed by atoms with E-state index in [2.05, 4.69) is 5.32 Å². The average Bonchev–Trinajstić information content (AvgIpc) is 3.03. The summed E-state index contributed by atoms with van der Waals surface area (Å²) in [5.74, 6) is -1.77. The van der Waals surface area contributed by atoms with Gasteiger partial charge < -0.3 is 10.4 Å². The van der Waals surface area contributed by atoms with Gasteiger partial charge in [0.25, 0.3) is 0 Å². The molecular formula is C19H25NO4. The second kappa shape index (κ2) is 8.62. The number of amides is 1. The molecule has 0 fully saturated rings. The van der Waals surface area contributed by atoms with Crippen LogP contribution in [-0.4, -0.2) is 29.3 Å². The van der Waals surface area contributed by atoms with Crippen LogP contribution < -0.4 is 5.32 Å². The molecular weight excluding hydrogens is 306 g/mol. The third-order valence-electron chi connectivity index (χ3n) is 4.53. The molecule has 1 aromatic carbocycles. The molecule has 2 N–H and O–H groups in total. The fourth-order valence-electron chi connectivity index (χ4n) is 3.10. The summed E-state index contributed by atoms with van der Waals surface area (Å²) in [5.41, 5.74) is 3.23. The van der Waals surface area contributed by atoms with Crippen LogP contribution in [-0.2, 0) is 22.4 Å². The van der Waals surface area contributed by atoms with Crippen molar-refractivity contribution in [1.82, 2.24) is 5.32 Å². The Morgan fingerprint density at radius 2 is 1.92 bits per heavy atom. The summed E-state index contributed by atoms with van der Waals surface area (Å²) >= 11 is 0. The van der Waals surface area contributed by atoms with Crippen molar-refractivity contribution in [1.29, 1.82) is 0 Å². The zero-order valence-electron chi connectivity index (χ0n) is 14.1. The largest absolute Gasteiger partial charge is 0.481 e. The first kappa shape index (κ1) is 18.2. The van der Waals surface area contributed by atoms with Gasteiger partial charge in [-0.25, -0.2) is 0 Å². The minimum atomic E-state index is -0.897. The average molecular weight is 331 g/mol. The van der Waals surface area contributed by atoms with Gasteiger partial charge in [0.15, 0.2) is 5.78 Å². The number of Topliss-reactive ketones (excluding diaryl/α,β-unsaturated/α-hetero) is 1. The van der Waals surface area contributed by atoms with Crippen molar-refractivity contribution in [2.75, 3.05) is 6.54 Å². The molecule has 5 heteroatoms. The summed E-state index contributed by atoms with van der Waals surface area (Å²) in [7, 11) is 0. The smallest absolute Gasteiger partial charge is 0.308 e. The van der Waals surface area contributed by atoms with Crippen LogP contribution in [0.2, 0.25) is 0 Å². The standard InChI is InChI=1S/C19H25NO4/c1-2-4-16(19(23)24)12-20-18(22)10-9-17(21)15-8-7-13-5-3-6-14(13)11-15/h7-8,11,16H,2-6,9-10,12H2,1H3,(H,20,22)(H,23,24). The number of carboxylic acids is 1. The maximum absolute atomic E-state index is 12.2. The molecule has 130 valence electrons. The van der Waals surface area contributed by atoms with Crippen LogP contribution in [0.3, 0.4) is 0 Å². The molecule has 1 aliphatic carbocycles. The number of rotatable bonds is 9. The van der Waals surface area contributed by atoms with Crippen molar-refractivity contribution in [3.8, 4) is 0 Å². The SMILES string of the molecule is CCCC(CNC(=O)CCC(=O)c1ccc2c(c1)CCC2)C(=O)O. The third kappa shape index (κ3) is 4.91. The van der Waals surface area contributed by atoms with Crippen molar-refractivity contribution in [2.45, 2.75) is 51.9 Å². The zero-order valence-corrected chi connectivity index (χ0v) is 14.1. The molecule has 0 saturated carbocycles. The second-order valence-electron chi connectivity index (χ2n) is 6.39. The maximum atomic E-state index is 12.2. The molecule has 0 bridgehead atoms. The normalized spacial score (nSPS) is 14.0. The van der Waals surface area contributed by atoms with E-state index in [0.29, 0.717) is 12.0 Å².